The van der Waals surface area contributed by atoms with Gasteiger partial charge in [-0.05, 0) is 37.0 Å². The molecule has 1 aliphatic rings. The summed E-state index contributed by atoms with van der Waals surface area (Å²) in [6.07, 6.45) is -3.28. The molecule has 8 heteroatoms. The Hall–Kier alpha value is -2.25. The Labute approximate surface area is 130 Å². The zero-order valence-electron chi connectivity index (χ0n) is 12.1. The quantitative estimate of drug-likeness (QED) is 0.840. The second-order valence-electron chi connectivity index (χ2n) is 5.46. The van der Waals surface area contributed by atoms with Crippen LogP contribution in [0.4, 0.5) is 13.2 Å². The number of ether oxygens (including phenoxy) is 1. The Kier molecular flexibility index (Phi) is 5.12. The summed E-state index contributed by atoms with van der Waals surface area (Å²) >= 11 is 0. The largest absolute Gasteiger partial charge is 0.573 e. The first-order valence-electron chi connectivity index (χ1n) is 7.10. The Morgan fingerprint density at radius 1 is 1.22 bits per heavy atom. The van der Waals surface area contributed by atoms with Crippen LogP contribution in [0.25, 0.3) is 0 Å². The van der Waals surface area contributed by atoms with E-state index in [1.54, 1.807) is 0 Å². The predicted molar refractivity (Wildman–Crippen MR) is 73.7 cm³/mol. The van der Waals surface area contributed by atoms with E-state index in [1.165, 1.54) is 24.3 Å². The number of carbonyl (C=O) groups excluding carboxylic acids is 1. The van der Waals surface area contributed by atoms with Crippen LogP contribution in [0.2, 0.25) is 0 Å². The third-order valence-electron chi connectivity index (χ3n) is 3.65. The van der Waals surface area contributed by atoms with Gasteiger partial charge in [0.1, 0.15) is 5.75 Å². The SMILES string of the molecule is O=C(CCc1ccc(OC(F)(F)F)cc1)NC1CC(C(=O)O)C1. The minimum absolute atomic E-state index is 0.105. The van der Waals surface area contributed by atoms with Crippen molar-refractivity contribution in [2.45, 2.75) is 38.1 Å². The maximum absolute atomic E-state index is 12.0. The maximum atomic E-state index is 12.0. The lowest BCUT2D eigenvalue weighted by Gasteiger charge is -2.32. The Bertz CT molecular complexity index is 565. The highest BCUT2D eigenvalue weighted by Crippen LogP contribution is 2.27. The molecule has 0 heterocycles. The molecule has 2 N–H and O–H groups in total. The number of carboxylic acid groups (broad SMARTS) is 1. The molecule has 0 spiro atoms. The lowest BCUT2D eigenvalue weighted by atomic mass is 9.80. The molecule has 0 aromatic heterocycles. The summed E-state index contributed by atoms with van der Waals surface area (Å²) in [5, 5.41) is 11.5. The molecule has 0 bridgehead atoms. The van der Waals surface area contributed by atoms with Gasteiger partial charge in [0.2, 0.25) is 5.91 Å². The van der Waals surface area contributed by atoms with Crippen molar-refractivity contribution in [1.29, 1.82) is 0 Å². The van der Waals surface area contributed by atoms with E-state index in [9.17, 15) is 22.8 Å². The lowest BCUT2D eigenvalue weighted by molar-refractivity contribution is -0.274. The average Bonchev–Trinajstić information content (AvgIpc) is 2.39. The van der Waals surface area contributed by atoms with Gasteiger partial charge in [-0.15, -0.1) is 13.2 Å². The molecule has 1 amide bonds. The number of aryl methyl sites for hydroxylation is 1. The van der Waals surface area contributed by atoms with E-state index in [4.69, 9.17) is 5.11 Å². The zero-order chi connectivity index (χ0) is 17.0. The second-order valence-corrected chi connectivity index (χ2v) is 5.46. The summed E-state index contributed by atoms with van der Waals surface area (Å²) in [5.74, 6) is -1.74. The van der Waals surface area contributed by atoms with Crippen LogP contribution in [0.5, 0.6) is 5.75 Å². The van der Waals surface area contributed by atoms with Crippen molar-refractivity contribution < 1.29 is 32.6 Å². The number of nitrogens with one attached hydrogen (secondary N) is 1. The topological polar surface area (TPSA) is 75.6 Å². The molecule has 5 nitrogen and oxygen atoms in total. The molecule has 0 unspecified atom stereocenters. The summed E-state index contributed by atoms with van der Waals surface area (Å²) in [5.41, 5.74) is 0.715. The monoisotopic (exact) mass is 331 g/mol. The number of benzene rings is 1. The van der Waals surface area contributed by atoms with Crippen molar-refractivity contribution >= 4 is 11.9 Å². The first kappa shape index (κ1) is 17.1. The molecule has 1 aromatic carbocycles. The summed E-state index contributed by atoms with van der Waals surface area (Å²) in [6, 6.07) is 5.23. The highest BCUT2D eigenvalue weighted by Gasteiger charge is 2.35. The number of alkyl halides is 3. The minimum atomic E-state index is -4.72. The third kappa shape index (κ3) is 5.46. The number of hydrogen-bond donors (Lipinski definition) is 2. The molecule has 0 radical (unpaired) electrons. The van der Waals surface area contributed by atoms with Crippen molar-refractivity contribution in [2.75, 3.05) is 0 Å². The standard InChI is InChI=1S/C15H16F3NO4/c16-15(17,18)23-12-4-1-9(2-5-12)3-6-13(20)19-11-7-10(8-11)14(21)22/h1-2,4-5,10-11H,3,6-8H2,(H,19,20)(H,21,22). The van der Waals surface area contributed by atoms with E-state index in [-0.39, 0.29) is 30.0 Å². The summed E-state index contributed by atoms with van der Waals surface area (Å²) in [6.45, 7) is 0. The van der Waals surface area contributed by atoms with E-state index in [1.807, 2.05) is 0 Å². The Morgan fingerprint density at radius 3 is 2.35 bits per heavy atom. The number of halogens is 3. The van der Waals surface area contributed by atoms with Crippen LogP contribution in [0.15, 0.2) is 24.3 Å². The number of hydrogen-bond acceptors (Lipinski definition) is 3. The summed E-state index contributed by atoms with van der Waals surface area (Å²) in [4.78, 5) is 22.4. The van der Waals surface area contributed by atoms with E-state index < -0.39 is 12.3 Å². The molecule has 0 saturated heterocycles. The molecule has 0 aliphatic heterocycles. The fourth-order valence-electron chi connectivity index (χ4n) is 2.35. The number of carbonyl (C=O) groups is 2. The van der Waals surface area contributed by atoms with Gasteiger partial charge in [-0.2, -0.15) is 0 Å². The number of carboxylic acids is 1. The van der Waals surface area contributed by atoms with Crippen molar-refractivity contribution in [3.63, 3.8) is 0 Å². The first-order valence-corrected chi connectivity index (χ1v) is 7.10. The molecule has 0 atom stereocenters. The van der Waals surface area contributed by atoms with Gasteiger partial charge in [0.05, 0.1) is 5.92 Å². The molecular weight excluding hydrogens is 315 g/mol. The molecule has 1 aliphatic carbocycles. The third-order valence-corrected chi connectivity index (χ3v) is 3.65. The molecular formula is C15H16F3NO4. The predicted octanol–water partition coefficient (Wildman–Crippen LogP) is 2.50. The summed E-state index contributed by atoms with van der Waals surface area (Å²) in [7, 11) is 0. The van der Waals surface area contributed by atoms with Crippen LogP contribution in [0, 0.1) is 5.92 Å². The summed E-state index contributed by atoms with van der Waals surface area (Å²) < 4.78 is 39.8. The Morgan fingerprint density at radius 2 is 1.83 bits per heavy atom. The van der Waals surface area contributed by atoms with Crippen LogP contribution in [-0.2, 0) is 16.0 Å². The smallest absolute Gasteiger partial charge is 0.481 e. The first-order chi connectivity index (χ1) is 10.7. The van der Waals surface area contributed by atoms with Crippen LogP contribution in [0.3, 0.4) is 0 Å². The average molecular weight is 331 g/mol. The van der Waals surface area contributed by atoms with Crippen molar-refractivity contribution in [1.82, 2.24) is 5.32 Å². The van der Waals surface area contributed by atoms with Gasteiger partial charge < -0.3 is 15.2 Å². The van der Waals surface area contributed by atoms with Gasteiger partial charge in [-0.3, -0.25) is 9.59 Å². The number of amides is 1. The van der Waals surface area contributed by atoms with Gasteiger partial charge in [0.15, 0.2) is 0 Å². The van der Waals surface area contributed by atoms with Crippen LogP contribution >= 0.6 is 0 Å². The molecule has 1 saturated carbocycles. The van der Waals surface area contributed by atoms with E-state index in [2.05, 4.69) is 10.1 Å². The molecule has 2 rings (SSSR count). The molecule has 126 valence electrons. The van der Waals surface area contributed by atoms with Gasteiger partial charge in [-0.1, -0.05) is 12.1 Å². The maximum Gasteiger partial charge on any atom is 0.573 e. The van der Waals surface area contributed by atoms with E-state index in [0.717, 1.165) is 0 Å². The van der Waals surface area contributed by atoms with Gasteiger partial charge in [0.25, 0.3) is 0 Å². The minimum Gasteiger partial charge on any atom is -0.481 e. The Balaban J connectivity index is 1.71. The lowest BCUT2D eigenvalue weighted by Crippen LogP contribution is -2.46. The molecule has 23 heavy (non-hydrogen) atoms. The van der Waals surface area contributed by atoms with Crippen LogP contribution in [-0.4, -0.2) is 29.4 Å². The second kappa shape index (κ2) is 6.89. The van der Waals surface area contributed by atoms with Gasteiger partial charge >= 0.3 is 12.3 Å². The highest BCUT2D eigenvalue weighted by atomic mass is 19.4. The van der Waals surface area contributed by atoms with Crippen LogP contribution < -0.4 is 10.1 Å². The van der Waals surface area contributed by atoms with Crippen LogP contribution in [0.1, 0.15) is 24.8 Å². The fraction of sp³-hybridized carbons (Fsp3) is 0.467. The number of rotatable bonds is 6. The number of aliphatic carboxylic acids is 1. The van der Waals surface area contributed by atoms with E-state index >= 15 is 0 Å². The van der Waals surface area contributed by atoms with Gasteiger partial charge in [0, 0.05) is 12.5 Å². The van der Waals surface area contributed by atoms with Crippen molar-refractivity contribution in [3.8, 4) is 5.75 Å². The highest BCUT2D eigenvalue weighted by molar-refractivity contribution is 5.77. The van der Waals surface area contributed by atoms with Crippen molar-refractivity contribution in [2.24, 2.45) is 5.92 Å². The fourth-order valence-corrected chi connectivity index (χ4v) is 2.35. The zero-order valence-corrected chi connectivity index (χ0v) is 12.1. The normalized spacial score (nSPS) is 20.5. The van der Waals surface area contributed by atoms with E-state index in [0.29, 0.717) is 24.8 Å². The molecule has 1 aromatic rings. The van der Waals surface area contributed by atoms with Crippen molar-refractivity contribution in [3.05, 3.63) is 29.8 Å². The van der Waals surface area contributed by atoms with Gasteiger partial charge in [-0.25, -0.2) is 0 Å². The molecule has 1 fully saturated rings.